The maximum atomic E-state index is 12.9. The molecule has 0 spiro atoms. The van der Waals surface area contributed by atoms with E-state index in [1.165, 1.54) is 0 Å². The van der Waals surface area contributed by atoms with Crippen molar-refractivity contribution in [3.63, 3.8) is 0 Å². The molecule has 5 nitrogen and oxygen atoms in total. The molecule has 2 aliphatic rings. The number of fused-ring (bicyclic) bond motifs is 2. The monoisotopic (exact) mass is 308 g/mol. The molecule has 0 aromatic rings. The molecular weight excluding hydrogens is 284 g/mol. The Morgan fingerprint density at radius 3 is 2.36 bits per heavy atom. The Morgan fingerprint density at radius 2 is 1.77 bits per heavy atom. The molecule has 0 aromatic heterocycles. The molecule has 2 rings (SSSR count). The Bertz CT molecular complexity index is 523. The summed E-state index contributed by atoms with van der Waals surface area (Å²) < 4.78 is 10.3. The van der Waals surface area contributed by atoms with E-state index in [0.29, 0.717) is 12.8 Å². The zero-order chi connectivity index (χ0) is 16.5. The summed E-state index contributed by atoms with van der Waals surface area (Å²) in [6.07, 6.45) is 4.63. The van der Waals surface area contributed by atoms with Gasteiger partial charge >= 0.3 is 11.9 Å². The summed E-state index contributed by atoms with van der Waals surface area (Å²) in [7, 11) is 0. The van der Waals surface area contributed by atoms with E-state index in [0.717, 1.165) is 0 Å². The van der Waals surface area contributed by atoms with Crippen LogP contribution in [0.4, 0.5) is 0 Å². The third kappa shape index (κ3) is 2.46. The van der Waals surface area contributed by atoms with Gasteiger partial charge in [0.1, 0.15) is 5.78 Å². The normalized spacial score (nSPS) is 36.8. The molecule has 2 aliphatic carbocycles. The summed E-state index contributed by atoms with van der Waals surface area (Å²) in [5, 5.41) is 0. The van der Waals surface area contributed by atoms with Crippen molar-refractivity contribution in [3.05, 3.63) is 12.2 Å². The predicted octanol–water partition coefficient (Wildman–Crippen LogP) is 2.29. The van der Waals surface area contributed by atoms with Crippen molar-refractivity contribution in [2.45, 2.75) is 40.5 Å². The van der Waals surface area contributed by atoms with Crippen LogP contribution in [0.1, 0.15) is 40.5 Å². The Hall–Kier alpha value is -1.65. The molecule has 0 aliphatic heterocycles. The number of rotatable bonds is 4. The average molecular weight is 308 g/mol. The van der Waals surface area contributed by atoms with Gasteiger partial charge in [0.05, 0.1) is 30.5 Å². The fourth-order valence-corrected chi connectivity index (χ4v) is 3.93. The van der Waals surface area contributed by atoms with Crippen molar-refractivity contribution in [1.82, 2.24) is 0 Å². The van der Waals surface area contributed by atoms with Gasteiger partial charge in [-0.3, -0.25) is 14.4 Å². The Kier molecular flexibility index (Phi) is 4.45. The van der Waals surface area contributed by atoms with Crippen molar-refractivity contribution in [2.75, 3.05) is 13.2 Å². The molecule has 5 heteroatoms. The third-order valence-electron chi connectivity index (χ3n) is 4.92. The smallest absolute Gasteiger partial charge is 0.311 e. The maximum Gasteiger partial charge on any atom is 0.311 e. The highest BCUT2D eigenvalue weighted by molar-refractivity contribution is 6.00. The van der Waals surface area contributed by atoms with Crippen LogP contribution in [-0.2, 0) is 23.9 Å². The minimum atomic E-state index is -1.01. The first-order valence-electron chi connectivity index (χ1n) is 7.86. The number of hydrogen-bond donors (Lipinski definition) is 0. The SMILES string of the molecule is CCOC(=O)[C@H]1C[C@]2(C)CC=C[C@@](C)(C2=O)[C@H]1C(=O)OCC. The highest BCUT2D eigenvalue weighted by atomic mass is 16.5. The summed E-state index contributed by atoms with van der Waals surface area (Å²) >= 11 is 0. The Labute approximate surface area is 131 Å². The minimum absolute atomic E-state index is 0.0149. The number of ketones is 1. The number of allylic oxidation sites excluding steroid dienone is 2. The Morgan fingerprint density at radius 1 is 1.18 bits per heavy atom. The number of esters is 2. The summed E-state index contributed by atoms with van der Waals surface area (Å²) in [4.78, 5) is 37.7. The van der Waals surface area contributed by atoms with E-state index in [4.69, 9.17) is 9.47 Å². The molecule has 0 unspecified atom stereocenters. The fraction of sp³-hybridized carbons (Fsp3) is 0.706. The molecule has 4 atom stereocenters. The fourth-order valence-electron chi connectivity index (χ4n) is 3.93. The number of ether oxygens (including phenoxy) is 2. The number of carbonyl (C=O) groups is 3. The van der Waals surface area contributed by atoms with Gasteiger partial charge in [-0.05, 0) is 33.6 Å². The molecule has 2 bridgehead atoms. The van der Waals surface area contributed by atoms with Crippen LogP contribution >= 0.6 is 0 Å². The first-order valence-corrected chi connectivity index (χ1v) is 7.86. The van der Waals surface area contributed by atoms with Crippen LogP contribution in [0.2, 0.25) is 0 Å². The van der Waals surface area contributed by atoms with Crippen LogP contribution in [0.25, 0.3) is 0 Å². The van der Waals surface area contributed by atoms with E-state index in [-0.39, 0.29) is 19.0 Å². The number of hydrogen-bond acceptors (Lipinski definition) is 5. The van der Waals surface area contributed by atoms with Crippen LogP contribution in [0.15, 0.2) is 12.2 Å². The van der Waals surface area contributed by atoms with Gasteiger partial charge in [0.15, 0.2) is 0 Å². The first kappa shape index (κ1) is 16.7. The molecule has 22 heavy (non-hydrogen) atoms. The van der Waals surface area contributed by atoms with Gasteiger partial charge < -0.3 is 9.47 Å². The zero-order valence-electron chi connectivity index (χ0n) is 13.7. The van der Waals surface area contributed by atoms with Gasteiger partial charge in [-0.2, -0.15) is 0 Å². The highest BCUT2D eigenvalue weighted by Gasteiger charge is 2.62. The lowest BCUT2D eigenvalue weighted by Gasteiger charge is -2.50. The summed E-state index contributed by atoms with van der Waals surface area (Å²) in [5.41, 5.74) is -1.63. The predicted molar refractivity (Wildman–Crippen MR) is 79.8 cm³/mol. The van der Waals surface area contributed by atoms with Gasteiger partial charge in [-0.1, -0.05) is 19.1 Å². The van der Waals surface area contributed by atoms with Gasteiger partial charge in [0.25, 0.3) is 0 Å². The van der Waals surface area contributed by atoms with Crippen molar-refractivity contribution in [2.24, 2.45) is 22.7 Å². The van der Waals surface area contributed by atoms with Gasteiger partial charge in [-0.15, -0.1) is 0 Å². The molecule has 1 fully saturated rings. The highest BCUT2D eigenvalue weighted by Crippen LogP contribution is 2.55. The van der Waals surface area contributed by atoms with Crippen LogP contribution in [0, 0.1) is 22.7 Å². The molecular formula is C17H24O5. The first-order chi connectivity index (χ1) is 10.3. The molecule has 0 N–H and O–H groups in total. The lowest BCUT2D eigenvalue weighted by Crippen LogP contribution is -2.58. The topological polar surface area (TPSA) is 69.7 Å². The maximum absolute atomic E-state index is 12.9. The van der Waals surface area contributed by atoms with E-state index in [1.807, 2.05) is 13.0 Å². The second-order valence-electron chi connectivity index (χ2n) is 6.57. The quantitative estimate of drug-likeness (QED) is 0.588. The van der Waals surface area contributed by atoms with E-state index in [9.17, 15) is 14.4 Å². The van der Waals surface area contributed by atoms with Crippen LogP contribution < -0.4 is 0 Å². The van der Waals surface area contributed by atoms with E-state index in [2.05, 4.69) is 0 Å². The molecule has 1 saturated carbocycles. The third-order valence-corrected chi connectivity index (χ3v) is 4.92. The van der Waals surface area contributed by atoms with Crippen LogP contribution in [0.3, 0.4) is 0 Å². The molecule has 0 aromatic carbocycles. The standard InChI is InChI=1S/C17H24O5/c1-5-21-13(18)11-10-16(3)8-7-9-17(4,15(16)20)12(11)14(19)22-6-2/h7,9,11-12H,5-6,8,10H2,1-4H3/t11-,12+,16-,17+/m0/s1. The summed E-state index contributed by atoms with van der Waals surface area (Å²) in [5.74, 6) is -2.35. The number of carbonyl (C=O) groups excluding carboxylic acids is 3. The lowest BCUT2D eigenvalue weighted by molar-refractivity contribution is -0.176. The summed E-state index contributed by atoms with van der Waals surface area (Å²) in [6, 6.07) is 0. The average Bonchev–Trinajstić information content (AvgIpc) is 2.43. The van der Waals surface area contributed by atoms with Crippen molar-refractivity contribution in [1.29, 1.82) is 0 Å². The second kappa shape index (κ2) is 5.86. The molecule has 122 valence electrons. The molecule has 0 saturated heterocycles. The van der Waals surface area contributed by atoms with Crippen molar-refractivity contribution in [3.8, 4) is 0 Å². The molecule has 0 radical (unpaired) electrons. The summed E-state index contributed by atoms with van der Waals surface area (Å²) in [6.45, 7) is 7.51. The minimum Gasteiger partial charge on any atom is -0.466 e. The van der Waals surface area contributed by atoms with Crippen molar-refractivity contribution < 1.29 is 23.9 Å². The van der Waals surface area contributed by atoms with Crippen LogP contribution in [0.5, 0.6) is 0 Å². The van der Waals surface area contributed by atoms with Gasteiger partial charge in [0.2, 0.25) is 0 Å². The van der Waals surface area contributed by atoms with E-state index in [1.54, 1.807) is 26.8 Å². The van der Waals surface area contributed by atoms with Crippen molar-refractivity contribution >= 4 is 17.7 Å². The zero-order valence-corrected chi connectivity index (χ0v) is 13.7. The van der Waals surface area contributed by atoms with E-state index < -0.39 is 34.6 Å². The Balaban J connectivity index is 2.48. The molecule has 0 amide bonds. The lowest BCUT2D eigenvalue weighted by atomic mass is 9.50. The largest absolute Gasteiger partial charge is 0.466 e. The number of Topliss-reactive ketones (excluding diaryl/α,β-unsaturated/α-hetero) is 1. The van der Waals surface area contributed by atoms with Gasteiger partial charge in [-0.25, -0.2) is 0 Å². The molecule has 0 heterocycles. The van der Waals surface area contributed by atoms with Crippen LogP contribution in [-0.4, -0.2) is 30.9 Å². The van der Waals surface area contributed by atoms with Gasteiger partial charge in [0, 0.05) is 5.41 Å². The second-order valence-corrected chi connectivity index (χ2v) is 6.57. The van der Waals surface area contributed by atoms with E-state index >= 15 is 0 Å².